The van der Waals surface area contributed by atoms with E-state index in [0.29, 0.717) is 12.2 Å². The number of aromatic nitrogens is 1. The number of pyridine rings is 1. The van der Waals surface area contributed by atoms with Crippen molar-refractivity contribution in [1.82, 2.24) is 10.3 Å². The Morgan fingerprint density at radius 3 is 2.80 bits per heavy atom. The predicted octanol–water partition coefficient (Wildman–Crippen LogP) is 4.13. The third-order valence-electron chi connectivity index (χ3n) is 4.47. The lowest BCUT2D eigenvalue weighted by molar-refractivity contribution is 0.0939. The number of ether oxygens (including phenoxy) is 1. The summed E-state index contributed by atoms with van der Waals surface area (Å²) in [6.45, 7) is 2.45. The molecule has 0 unspecified atom stereocenters. The van der Waals surface area contributed by atoms with Gasteiger partial charge < -0.3 is 10.1 Å². The van der Waals surface area contributed by atoms with Crippen molar-refractivity contribution < 1.29 is 9.53 Å². The number of benzene rings is 2. The summed E-state index contributed by atoms with van der Waals surface area (Å²) in [5, 5.41) is 3.03. The Labute approximate surface area is 146 Å². The Hall–Kier alpha value is -3.14. The van der Waals surface area contributed by atoms with Gasteiger partial charge in [-0.15, -0.1) is 0 Å². The summed E-state index contributed by atoms with van der Waals surface area (Å²) in [5.74, 6) is 0.627. The zero-order valence-corrected chi connectivity index (χ0v) is 13.9. The van der Waals surface area contributed by atoms with E-state index in [1.54, 1.807) is 6.20 Å². The zero-order valence-electron chi connectivity index (χ0n) is 13.9. The van der Waals surface area contributed by atoms with E-state index < -0.39 is 0 Å². The first-order valence-electron chi connectivity index (χ1n) is 8.28. The molecule has 1 aromatic heterocycles. The Morgan fingerprint density at radius 1 is 1.12 bits per heavy atom. The fourth-order valence-electron chi connectivity index (χ4n) is 3.07. The predicted molar refractivity (Wildman–Crippen MR) is 96.3 cm³/mol. The molecule has 0 saturated heterocycles. The number of hydrogen-bond donors (Lipinski definition) is 1. The molecule has 4 heteroatoms. The Kier molecular flexibility index (Phi) is 3.94. The molecular weight excluding hydrogens is 312 g/mol. The van der Waals surface area contributed by atoms with Crippen molar-refractivity contribution in [1.29, 1.82) is 0 Å². The third-order valence-corrected chi connectivity index (χ3v) is 4.47. The molecule has 0 fully saturated rings. The van der Waals surface area contributed by atoms with Crippen LogP contribution in [0.2, 0.25) is 0 Å². The second-order valence-electron chi connectivity index (χ2n) is 6.14. The highest BCUT2D eigenvalue weighted by atomic mass is 16.5. The van der Waals surface area contributed by atoms with Crippen LogP contribution >= 0.6 is 0 Å². The van der Waals surface area contributed by atoms with Gasteiger partial charge in [0.2, 0.25) is 0 Å². The Balaban J connectivity index is 1.57. The van der Waals surface area contributed by atoms with E-state index >= 15 is 0 Å². The highest BCUT2D eigenvalue weighted by Gasteiger charge is 2.19. The van der Waals surface area contributed by atoms with Gasteiger partial charge in [0.05, 0.1) is 6.04 Å². The number of nitrogens with zero attached hydrogens (tertiary/aromatic N) is 1. The molecule has 3 aromatic rings. The van der Waals surface area contributed by atoms with Gasteiger partial charge in [0.25, 0.3) is 5.91 Å². The van der Waals surface area contributed by atoms with Gasteiger partial charge in [-0.2, -0.15) is 0 Å². The molecule has 1 amide bonds. The van der Waals surface area contributed by atoms with Gasteiger partial charge in [0.15, 0.2) is 0 Å². The first-order chi connectivity index (χ1) is 12.2. The third kappa shape index (κ3) is 2.98. The van der Waals surface area contributed by atoms with Crippen molar-refractivity contribution in [3.05, 3.63) is 83.7 Å². The minimum Gasteiger partial charge on any atom is -0.488 e. The first-order valence-corrected chi connectivity index (χ1v) is 8.28. The van der Waals surface area contributed by atoms with Crippen LogP contribution in [-0.2, 0) is 6.61 Å². The molecule has 25 heavy (non-hydrogen) atoms. The van der Waals surface area contributed by atoms with E-state index in [2.05, 4.69) is 10.3 Å². The van der Waals surface area contributed by atoms with Gasteiger partial charge in [-0.05, 0) is 42.3 Å². The number of amides is 1. The van der Waals surface area contributed by atoms with Crippen LogP contribution in [0.3, 0.4) is 0 Å². The summed E-state index contributed by atoms with van der Waals surface area (Å²) < 4.78 is 5.81. The second-order valence-corrected chi connectivity index (χ2v) is 6.14. The number of hydrogen-bond acceptors (Lipinski definition) is 3. The van der Waals surface area contributed by atoms with Crippen molar-refractivity contribution in [2.45, 2.75) is 19.6 Å². The van der Waals surface area contributed by atoms with E-state index in [-0.39, 0.29) is 11.9 Å². The number of nitrogens with one attached hydrogen (secondary N) is 1. The fourth-order valence-corrected chi connectivity index (χ4v) is 3.07. The number of fused-ring (bicyclic) bond motifs is 3. The fraction of sp³-hybridized carbons (Fsp3) is 0.143. The first kappa shape index (κ1) is 15.4. The quantitative estimate of drug-likeness (QED) is 0.785. The lowest BCUT2D eigenvalue weighted by Gasteiger charge is -2.21. The summed E-state index contributed by atoms with van der Waals surface area (Å²) in [6, 6.07) is 17.4. The molecule has 4 rings (SSSR count). The molecule has 4 nitrogen and oxygen atoms in total. The van der Waals surface area contributed by atoms with Crippen molar-refractivity contribution >= 4 is 5.91 Å². The van der Waals surface area contributed by atoms with Crippen LogP contribution in [0.1, 0.15) is 34.5 Å². The van der Waals surface area contributed by atoms with Crippen molar-refractivity contribution in [3.63, 3.8) is 0 Å². The average Bonchev–Trinajstić information content (AvgIpc) is 2.68. The summed E-state index contributed by atoms with van der Waals surface area (Å²) in [4.78, 5) is 16.7. The molecule has 1 aliphatic rings. The molecule has 2 aromatic carbocycles. The topological polar surface area (TPSA) is 51.2 Å². The van der Waals surface area contributed by atoms with Crippen molar-refractivity contribution in [3.8, 4) is 16.9 Å². The smallest absolute Gasteiger partial charge is 0.251 e. The maximum atomic E-state index is 12.6. The molecule has 0 spiro atoms. The average molecular weight is 330 g/mol. The Bertz CT molecular complexity index is 922. The summed E-state index contributed by atoms with van der Waals surface area (Å²) in [7, 11) is 0. The molecule has 2 heterocycles. The lowest BCUT2D eigenvalue weighted by atomic mass is 9.97. The van der Waals surface area contributed by atoms with Crippen LogP contribution in [0.15, 0.2) is 67.0 Å². The van der Waals surface area contributed by atoms with E-state index in [4.69, 9.17) is 4.74 Å². The molecule has 0 bridgehead atoms. The molecule has 0 radical (unpaired) electrons. The molecule has 124 valence electrons. The van der Waals surface area contributed by atoms with Crippen LogP contribution in [0.25, 0.3) is 11.1 Å². The largest absolute Gasteiger partial charge is 0.488 e. The standard InChI is InChI=1S/C21H18N2O2/c1-14(15-5-3-2-4-6-15)23-21(24)16-7-8-19-18-9-10-22-12-17(18)13-25-20(19)11-16/h2-12,14H,13H2,1H3,(H,23,24)/t14-/m0/s1. The van der Waals surface area contributed by atoms with E-state index in [9.17, 15) is 4.79 Å². The van der Waals surface area contributed by atoms with Gasteiger partial charge in [0.1, 0.15) is 12.4 Å². The van der Waals surface area contributed by atoms with Crippen LogP contribution in [0.4, 0.5) is 0 Å². The SMILES string of the molecule is C[C@H](NC(=O)c1ccc2c(c1)OCc1cnccc1-2)c1ccccc1. The monoisotopic (exact) mass is 330 g/mol. The molecule has 1 aliphatic heterocycles. The van der Waals surface area contributed by atoms with Crippen LogP contribution in [0.5, 0.6) is 5.75 Å². The maximum absolute atomic E-state index is 12.6. The minimum absolute atomic E-state index is 0.0579. The minimum atomic E-state index is -0.108. The van der Waals surface area contributed by atoms with Gasteiger partial charge in [-0.1, -0.05) is 30.3 Å². The molecule has 0 aliphatic carbocycles. The van der Waals surface area contributed by atoms with E-state index in [1.807, 2.05) is 67.7 Å². The maximum Gasteiger partial charge on any atom is 0.251 e. The Morgan fingerprint density at radius 2 is 1.96 bits per heavy atom. The lowest BCUT2D eigenvalue weighted by Crippen LogP contribution is -2.26. The highest BCUT2D eigenvalue weighted by Crippen LogP contribution is 2.37. The van der Waals surface area contributed by atoms with Gasteiger partial charge in [0, 0.05) is 29.1 Å². The van der Waals surface area contributed by atoms with Crippen molar-refractivity contribution in [2.24, 2.45) is 0 Å². The van der Waals surface area contributed by atoms with Gasteiger partial charge in [-0.3, -0.25) is 9.78 Å². The normalized spacial score (nSPS) is 13.2. The van der Waals surface area contributed by atoms with Crippen LogP contribution < -0.4 is 10.1 Å². The molecule has 1 N–H and O–H groups in total. The van der Waals surface area contributed by atoms with Crippen LogP contribution in [-0.4, -0.2) is 10.9 Å². The summed E-state index contributed by atoms with van der Waals surface area (Å²) in [6.07, 6.45) is 3.59. The summed E-state index contributed by atoms with van der Waals surface area (Å²) in [5.41, 5.74) is 4.84. The van der Waals surface area contributed by atoms with Crippen molar-refractivity contribution in [2.75, 3.05) is 0 Å². The van der Waals surface area contributed by atoms with E-state index in [0.717, 1.165) is 28.0 Å². The van der Waals surface area contributed by atoms with Gasteiger partial charge in [-0.25, -0.2) is 0 Å². The number of rotatable bonds is 3. The zero-order chi connectivity index (χ0) is 17.2. The van der Waals surface area contributed by atoms with Crippen LogP contribution in [0, 0.1) is 0 Å². The molecule has 1 atom stereocenters. The highest BCUT2D eigenvalue weighted by molar-refractivity contribution is 5.96. The van der Waals surface area contributed by atoms with Gasteiger partial charge >= 0.3 is 0 Å². The number of carbonyl (C=O) groups is 1. The molecular formula is C21H18N2O2. The van der Waals surface area contributed by atoms with E-state index in [1.165, 1.54) is 0 Å². The number of carbonyl (C=O) groups excluding carboxylic acids is 1. The second kappa shape index (κ2) is 6.40. The molecule has 0 saturated carbocycles. The summed E-state index contributed by atoms with van der Waals surface area (Å²) >= 11 is 0.